The van der Waals surface area contributed by atoms with Gasteiger partial charge in [-0.1, -0.05) is 18.7 Å². The van der Waals surface area contributed by atoms with Crippen LogP contribution in [0.15, 0.2) is 16.3 Å². The third-order valence-electron chi connectivity index (χ3n) is 3.10. The number of hydrogen-bond donors (Lipinski definition) is 1. The van der Waals surface area contributed by atoms with Crippen LogP contribution in [-0.4, -0.2) is 39.0 Å². The number of carboxylic acids is 1. The van der Waals surface area contributed by atoms with Crippen molar-refractivity contribution in [2.45, 2.75) is 38.5 Å². The van der Waals surface area contributed by atoms with E-state index < -0.39 is 5.97 Å². The van der Waals surface area contributed by atoms with Crippen molar-refractivity contribution < 1.29 is 9.90 Å². The van der Waals surface area contributed by atoms with Gasteiger partial charge < -0.3 is 10.0 Å². The summed E-state index contributed by atoms with van der Waals surface area (Å²) in [6.45, 7) is 6.81. The number of rotatable bonds is 1. The van der Waals surface area contributed by atoms with Gasteiger partial charge in [-0.15, -0.1) is 0 Å². The summed E-state index contributed by atoms with van der Waals surface area (Å²) in [5.74, 6) is -0.851. The zero-order valence-electron chi connectivity index (χ0n) is 9.73. The molecule has 0 bridgehead atoms. The molecule has 0 amide bonds. The molecule has 0 saturated carbocycles. The SMILES string of the molecule is CC1=C(C(=O)O)C(C)N2CCC(C)SC2=N1. The molecule has 0 aromatic heterocycles. The van der Waals surface area contributed by atoms with Crippen molar-refractivity contribution in [1.29, 1.82) is 0 Å². The summed E-state index contributed by atoms with van der Waals surface area (Å²) in [5.41, 5.74) is 1.08. The molecule has 4 nitrogen and oxygen atoms in total. The van der Waals surface area contributed by atoms with E-state index in [9.17, 15) is 4.79 Å². The minimum atomic E-state index is -0.851. The Labute approximate surface area is 99.4 Å². The highest BCUT2D eigenvalue weighted by Crippen LogP contribution is 2.33. The Morgan fingerprint density at radius 2 is 2.25 bits per heavy atom. The summed E-state index contributed by atoms with van der Waals surface area (Å²) in [6.07, 6.45) is 1.08. The van der Waals surface area contributed by atoms with E-state index in [1.807, 2.05) is 6.92 Å². The van der Waals surface area contributed by atoms with Gasteiger partial charge in [0.05, 0.1) is 17.3 Å². The first-order chi connectivity index (χ1) is 7.50. The molecule has 2 rings (SSSR count). The summed E-state index contributed by atoms with van der Waals surface area (Å²) >= 11 is 1.74. The van der Waals surface area contributed by atoms with E-state index in [0.29, 0.717) is 16.5 Å². The maximum absolute atomic E-state index is 11.2. The van der Waals surface area contributed by atoms with Crippen LogP contribution in [0.2, 0.25) is 0 Å². The van der Waals surface area contributed by atoms with Crippen molar-refractivity contribution in [2.75, 3.05) is 6.54 Å². The van der Waals surface area contributed by atoms with Crippen LogP contribution in [0.5, 0.6) is 0 Å². The van der Waals surface area contributed by atoms with Crippen molar-refractivity contribution in [3.05, 3.63) is 11.3 Å². The Bertz CT molecular complexity index is 389. The van der Waals surface area contributed by atoms with Crippen LogP contribution < -0.4 is 0 Å². The zero-order chi connectivity index (χ0) is 11.9. The summed E-state index contributed by atoms with van der Waals surface area (Å²) in [5, 5.41) is 10.7. The van der Waals surface area contributed by atoms with E-state index >= 15 is 0 Å². The van der Waals surface area contributed by atoms with E-state index in [1.165, 1.54) is 0 Å². The van der Waals surface area contributed by atoms with Gasteiger partial charge in [-0.25, -0.2) is 9.79 Å². The Morgan fingerprint density at radius 3 is 2.88 bits per heavy atom. The molecule has 0 spiro atoms. The fourth-order valence-electron chi connectivity index (χ4n) is 2.17. The van der Waals surface area contributed by atoms with Gasteiger partial charge in [-0.05, 0) is 20.3 Å². The standard InChI is InChI=1S/C11H16N2O2S/c1-6-4-5-13-8(3)9(10(14)15)7(2)12-11(13)16-6/h6,8H,4-5H2,1-3H3,(H,14,15). The van der Waals surface area contributed by atoms with Crippen LogP contribution in [-0.2, 0) is 4.79 Å². The molecule has 1 saturated heterocycles. The lowest BCUT2D eigenvalue weighted by atomic mass is 10.0. The van der Waals surface area contributed by atoms with Crippen LogP contribution in [0, 0.1) is 0 Å². The lowest BCUT2D eigenvalue weighted by molar-refractivity contribution is -0.133. The molecule has 0 aromatic rings. The zero-order valence-corrected chi connectivity index (χ0v) is 10.5. The van der Waals surface area contributed by atoms with Gasteiger partial charge in [0.2, 0.25) is 0 Å². The molecule has 1 N–H and O–H groups in total. The van der Waals surface area contributed by atoms with Gasteiger partial charge in [0.1, 0.15) is 0 Å². The van der Waals surface area contributed by atoms with E-state index in [0.717, 1.165) is 18.1 Å². The van der Waals surface area contributed by atoms with Gasteiger partial charge in [0.15, 0.2) is 5.17 Å². The summed E-state index contributed by atoms with van der Waals surface area (Å²) in [4.78, 5) is 17.7. The number of aliphatic imine (C=N–C) groups is 1. The highest BCUT2D eigenvalue weighted by molar-refractivity contribution is 8.14. The smallest absolute Gasteiger partial charge is 0.335 e. The summed E-state index contributed by atoms with van der Waals surface area (Å²) in [7, 11) is 0. The first-order valence-electron chi connectivity index (χ1n) is 5.46. The number of carboxylic acid groups (broad SMARTS) is 1. The quantitative estimate of drug-likeness (QED) is 0.761. The number of thioether (sulfide) groups is 1. The predicted octanol–water partition coefficient (Wildman–Crippen LogP) is 1.93. The number of allylic oxidation sites excluding steroid dienone is 1. The molecule has 2 unspecified atom stereocenters. The van der Waals surface area contributed by atoms with Gasteiger partial charge in [-0.3, -0.25) is 0 Å². The Morgan fingerprint density at radius 1 is 1.56 bits per heavy atom. The number of fused-ring (bicyclic) bond motifs is 1. The highest BCUT2D eigenvalue weighted by Gasteiger charge is 2.34. The second-order valence-corrected chi connectivity index (χ2v) is 5.69. The maximum atomic E-state index is 11.2. The first kappa shape index (κ1) is 11.5. The molecule has 88 valence electrons. The lowest BCUT2D eigenvalue weighted by Gasteiger charge is -2.40. The normalized spacial score (nSPS) is 29.9. The Balaban J connectivity index is 2.37. The summed E-state index contributed by atoms with van der Waals surface area (Å²) in [6, 6.07) is -0.0648. The highest BCUT2D eigenvalue weighted by atomic mass is 32.2. The second-order valence-electron chi connectivity index (χ2n) is 4.29. The third kappa shape index (κ3) is 1.84. The average Bonchev–Trinajstić information content (AvgIpc) is 2.15. The number of aliphatic carboxylic acids is 1. The number of amidine groups is 1. The first-order valence-corrected chi connectivity index (χ1v) is 6.34. The molecule has 0 aromatic carbocycles. The minimum Gasteiger partial charge on any atom is -0.478 e. The molecular formula is C11H16N2O2S. The molecule has 5 heteroatoms. The van der Waals surface area contributed by atoms with Gasteiger partial charge in [-0.2, -0.15) is 0 Å². The molecule has 2 aliphatic heterocycles. The molecular weight excluding hydrogens is 224 g/mol. The van der Waals surface area contributed by atoms with Crippen molar-refractivity contribution in [3.63, 3.8) is 0 Å². The third-order valence-corrected chi connectivity index (χ3v) is 4.27. The largest absolute Gasteiger partial charge is 0.478 e. The van der Waals surface area contributed by atoms with Crippen molar-refractivity contribution in [1.82, 2.24) is 4.90 Å². The lowest BCUT2D eigenvalue weighted by Crippen LogP contribution is -2.46. The van der Waals surface area contributed by atoms with Crippen LogP contribution in [0.3, 0.4) is 0 Å². The van der Waals surface area contributed by atoms with Crippen LogP contribution in [0.1, 0.15) is 27.2 Å². The molecule has 0 aliphatic carbocycles. The molecule has 1 fully saturated rings. The molecule has 16 heavy (non-hydrogen) atoms. The predicted molar refractivity (Wildman–Crippen MR) is 65.6 cm³/mol. The van der Waals surface area contributed by atoms with Gasteiger partial charge in [0.25, 0.3) is 0 Å². The van der Waals surface area contributed by atoms with Crippen LogP contribution in [0.25, 0.3) is 0 Å². The van der Waals surface area contributed by atoms with E-state index in [4.69, 9.17) is 5.11 Å². The minimum absolute atomic E-state index is 0.0648. The number of carbonyl (C=O) groups is 1. The van der Waals surface area contributed by atoms with E-state index in [2.05, 4.69) is 16.8 Å². The van der Waals surface area contributed by atoms with Crippen molar-refractivity contribution in [2.24, 2.45) is 4.99 Å². The number of nitrogens with zero attached hydrogens (tertiary/aromatic N) is 2. The Kier molecular flexibility index (Phi) is 2.97. The van der Waals surface area contributed by atoms with Gasteiger partial charge >= 0.3 is 5.97 Å². The topological polar surface area (TPSA) is 52.9 Å². The van der Waals surface area contributed by atoms with Crippen molar-refractivity contribution >= 4 is 22.9 Å². The monoisotopic (exact) mass is 240 g/mol. The molecule has 0 radical (unpaired) electrons. The molecule has 2 aliphatic rings. The average molecular weight is 240 g/mol. The maximum Gasteiger partial charge on any atom is 0.335 e. The van der Waals surface area contributed by atoms with Crippen LogP contribution >= 0.6 is 11.8 Å². The molecule has 2 atom stereocenters. The van der Waals surface area contributed by atoms with E-state index in [1.54, 1.807) is 18.7 Å². The Hall–Kier alpha value is -0.970. The fraction of sp³-hybridized carbons (Fsp3) is 0.636. The molecule has 2 heterocycles. The summed E-state index contributed by atoms with van der Waals surface area (Å²) < 4.78 is 0. The van der Waals surface area contributed by atoms with Gasteiger partial charge in [0, 0.05) is 11.8 Å². The second kappa shape index (κ2) is 4.13. The fourth-order valence-corrected chi connectivity index (χ4v) is 3.33. The van der Waals surface area contributed by atoms with Crippen molar-refractivity contribution in [3.8, 4) is 0 Å². The van der Waals surface area contributed by atoms with E-state index in [-0.39, 0.29) is 6.04 Å². The number of hydrogen-bond acceptors (Lipinski definition) is 4. The van der Waals surface area contributed by atoms with Crippen LogP contribution in [0.4, 0.5) is 0 Å².